The maximum atomic E-state index is 13.1. The summed E-state index contributed by atoms with van der Waals surface area (Å²) >= 11 is 0. The van der Waals surface area contributed by atoms with E-state index in [9.17, 15) is 4.39 Å². The molecule has 0 radical (unpaired) electrons. The Bertz CT molecular complexity index is 668. The van der Waals surface area contributed by atoms with Gasteiger partial charge in [0.25, 0.3) is 0 Å². The molecule has 0 bridgehead atoms. The summed E-state index contributed by atoms with van der Waals surface area (Å²) in [6.07, 6.45) is 1.08. The Morgan fingerprint density at radius 1 is 0.833 bits per heavy atom. The molecule has 0 saturated carbocycles. The van der Waals surface area contributed by atoms with E-state index in [1.807, 2.05) is 12.1 Å². The highest BCUT2D eigenvalue weighted by atomic mass is 19.1. The Morgan fingerprint density at radius 3 is 2.00 bits per heavy atom. The van der Waals surface area contributed by atoms with Crippen LogP contribution in [0.5, 0.6) is 0 Å². The predicted octanol–water partition coefficient (Wildman–Crippen LogP) is 2.77. The first-order chi connectivity index (χ1) is 11.8. The summed E-state index contributed by atoms with van der Waals surface area (Å²) in [7, 11) is 0. The lowest BCUT2D eigenvalue weighted by Crippen LogP contribution is -2.33. The summed E-state index contributed by atoms with van der Waals surface area (Å²) in [5.74, 6) is -0.198. The van der Waals surface area contributed by atoms with E-state index in [0.717, 1.165) is 31.7 Å². The number of hydrogen-bond donors (Lipinski definition) is 3. The van der Waals surface area contributed by atoms with Crippen LogP contribution in [0.1, 0.15) is 41.3 Å². The van der Waals surface area contributed by atoms with E-state index in [4.69, 9.17) is 4.74 Å². The molecule has 0 aromatic heterocycles. The van der Waals surface area contributed by atoms with Gasteiger partial charge in [-0.2, -0.15) is 0 Å². The molecule has 4 rings (SSSR count). The van der Waals surface area contributed by atoms with Crippen molar-refractivity contribution in [3.05, 3.63) is 71.0 Å². The Morgan fingerprint density at radius 2 is 1.42 bits per heavy atom. The van der Waals surface area contributed by atoms with Gasteiger partial charge in [0.2, 0.25) is 0 Å². The average molecular weight is 327 g/mol. The van der Waals surface area contributed by atoms with Gasteiger partial charge in [-0.1, -0.05) is 36.4 Å². The first kappa shape index (κ1) is 15.7. The molecule has 0 spiro atoms. The highest BCUT2D eigenvalue weighted by Crippen LogP contribution is 2.31. The minimum Gasteiger partial charge on any atom is -0.371 e. The lowest BCUT2D eigenvalue weighted by atomic mass is 9.96. The topological polar surface area (TPSA) is 45.3 Å². The maximum Gasteiger partial charge on any atom is 0.123 e. The fourth-order valence-electron chi connectivity index (χ4n) is 3.41. The van der Waals surface area contributed by atoms with E-state index in [0.29, 0.717) is 0 Å². The van der Waals surface area contributed by atoms with Crippen molar-refractivity contribution >= 4 is 0 Å². The number of benzene rings is 2. The molecule has 126 valence electrons. The zero-order valence-electron chi connectivity index (χ0n) is 13.5. The Hall–Kier alpha value is -1.79. The Balaban J connectivity index is 1.42. The van der Waals surface area contributed by atoms with Crippen molar-refractivity contribution in [3.63, 3.8) is 0 Å². The van der Waals surface area contributed by atoms with Gasteiger partial charge in [0.05, 0.1) is 12.7 Å². The molecule has 24 heavy (non-hydrogen) atoms. The number of halogens is 1. The van der Waals surface area contributed by atoms with Gasteiger partial charge in [-0.15, -0.1) is 0 Å². The third kappa shape index (κ3) is 3.35. The van der Waals surface area contributed by atoms with Crippen LogP contribution in [-0.2, 0) is 4.74 Å². The normalized spacial score (nSPS) is 27.3. The van der Waals surface area contributed by atoms with Crippen LogP contribution in [0, 0.1) is 5.82 Å². The molecular formula is C19H22FN3O. The molecular weight excluding hydrogens is 305 g/mol. The smallest absolute Gasteiger partial charge is 0.123 e. The molecule has 4 nitrogen and oxygen atoms in total. The molecule has 2 aliphatic rings. The Kier molecular flexibility index (Phi) is 4.58. The Labute approximate surface area is 141 Å². The first-order valence-electron chi connectivity index (χ1n) is 8.48. The summed E-state index contributed by atoms with van der Waals surface area (Å²) < 4.78 is 18.8. The molecule has 2 fully saturated rings. The summed E-state index contributed by atoms with van der Waals surface area (Å²) in [4.78, 5) is 0. The number of morpholine rings is 1. The van der Waals surface area contributed by atoms with E-state index in [-0.39, 0.29) is 24.0 Å². The van der Waals surface area contributed by atoms with Gasteiger partial charge in [-0.25, -0.2) is 15.2 Å². The highest BCUT2D eigenvalue weighted by molar-refractivity contribution is 5.29. The summed E-state index contributed by atoms with van der Waals surface area (Å²) in [5, 5.41) is 3.36. The minimum absolute atomic E-state index is 0.148. The van der Waals surface area contributed by atoms with Gasteiger partial charge in [0.15, 0.2) is 0 Å². The quantitative estimate of drug-likeness (QED) is 0.811. The molecule has 3 atom stereocenters. The molecule has 0 amide bonds. The van der Waals surface area contributed by atoms with Crippen molar-refractivity contribution in [3.8, 4) is 0 Å². The van der Waals surface area contributed by atoms with Crippen LogP contribution < -0.4 is 16.2 Å². The van der Waals surface area contributed by atoms with Gasteiger partial charge in [0.1, 0.15) is 5.82 Å². The van der Waals surface area contributed by atoms with Crippen molar-refractivity contribution in [2.24, 2.45) is 0 Å². The van der Waals surface area contributed by atoms with E-state index < -0.39 is 0 Å². The predicted molar refractivity (Wildman–Crippen MR) is 90.8 cm³/mol. The largest absolute Gasteiger partial charge is 0.371 e. The monoisotopic (exact) mass is 327 g/mol. The van der Waals surface area contributed by atoms with Crippen LogP contribution in [0.4, 0.5) is 4.39 Å². The van der Waals surface area contributed by atoms with E-state index in [2.05, 4.69) is 40.4 Å². The number of rotatable bonds is 3. The second-order valence-corrected chi connectivity index (χ2v) is 6.41. The molecule has 0 aliphatic carbocycles. The molecule has 2 saturated heterocycles. The SMILES string of the molecule is Fc1ccc(C2CC(c3ccc([C@@H]4CNCCO4)cc3)NN2)cc1. The van der Waals surface area contributed by atoms with Gasteiger partial charge >= 0.3 is 0 Å². The maximum absolute atomic E-state index is 13.1. The van der Waals surface area contributed by atoms with Crippen LogP contribution in [0.3, 0.4) is 0 Å². The molecule has 2 aromatic rings. The number of hydrogen-bond acceptors (Lipinski definition) is 4. The number of nitrogens with one attached hydrogen (secondary N) is 3. The lowest BCUT2D eigenvalue weighted by molar-refractivity contribution is 0.0277. The lowest BCUT2D eigenvalue weighted by Gasteiger charge is -2.24. The van der Waals surface area contributed by atoms with Gasteiger partial charge in [-0.05, 0) is 35.2 Å². The number of ether oxygens (including phenoxy) is 1. The van der Waals surface area contributed by atoms with Crippen molar-refractivity contribution < 1.29 is 9.13 Å². The minimum atomic E-state index is -0.198. The van der Waals surface area contributed by atoms with Crippen LogP contribution in [-0.4, -0.2) is 19.7 Å². The van der Waals surface area contributed by atoms with E-state index in [1.165, 1.54) is 23.3 Å². The standard InChI is InChI=1S/C19H22FN3O/c20-16-7-5-14(6-8-16)18-11-17(22-23-18)13-1-3-15(4-2-13)19-12-21-9-10-24-19/h1-8,17-19,21-23H,9-12H2/t17?,18?,19-/m0/s1. The zero-order valence-corrected chi connectivity index (χ0v) is 13.5. The van der Waals surface area contributed by atoms with Crippen LogP contribution >= 0.6 is 0 Å². The summed E-state index contributed by atoms with van der Waals surface area (Å²) in [6, 6.07) is 15.8. The molecule has 2 heterocycles. The van der Waals surface area contributed by atoms with Crippen molar-refractivity contribution in [2.75, 3.05) is 19.7 Å². The second-order valence-electron chi connectivity index (χ2n) is 6.41. The zero-order chi connectivity index (χ0) is 16.4. The summed E-state index contributed by atoms with van der Waals surface area (Å²) in [6.45, 7) is 2.56. The van der Waals surface area contributed by atoms with Gasteiger partial charge < -0.3 is 10.1 Å². The van der Waals surface area contributed by atoms with Crippen LogP contribution in [0.25, 0.3) is 0 Å². The van der Waals surface area contributed by atoms with Crippen molar-refractivity contribution in [2.45, 2.75) is 24.6 Å². The molecule has 5 heteroatoms. The second kappa shape index (κ2) is 6.99. The average Bonchev–Trinajstić information content (AvgIpc) is 3.13. The molecule has 2 aromatic carbocycles. The first-order valence-corrected chi connectivity index (χ1v) is 8.48. The van der Waals surface area contributed by atoms with Gasteiger partial charge in [-0.3, -0.25) is 0 Å². The fraction of sp³-hybridized carbons (Fsp3) is 0.368. The third-order valence-corrected chi connectivity index (χ3v) is 4.81. The molecule has 2 unspecified atom stereocenters. The van der Waals surface area contributed by atoms with E-state index in [1.54, 1.807) is 0 Å². The molecule has 3 N–H and O–H groups in total. The molecule has 2 aliphatic heterocycles. The third-order valence-electron chi connectivity index (χ3n) is 4.81. The van der Waals surface area contributed by atoms with Gasteiger partial charge in [0, 0.05) is 25.2 Å². The summed E-state index contributed by atoms with van der Waals surface area (Å²) in [5.41, 5.74) is 10.2. The van der Waals surface area contributed by atoms with Crippen LogP contribution in [0.2, 0.25) is 0 Å². The van der Waals surface area contributed by atoms with Crippen LogP contribution in [0.15, 0.2) is 48.5 Å². The highest BCUT2D eigenvalue weighted by Gasteiger charge is 2.26. The van der Waals surface area contributed by atoms with Crippen molar-refractivity contribution in [1.82, 2.24) is 16.2 Å². The van der Waals surface area contributed by atoms with E-state index >= 15 is 0 Å². The van der Waals surface area contributed by atoms with Crippen molar-refractivity contribution in [1.29, 1.82) is 0 Å². The number of hydrazine groups is 1. The fourth-order valence-corrected chi connectivity index (χ4v) is 3.41.